The first kappa shape index (κ1) is 11.8. The van der Waals surface area contributed by atoms with Crippen molar-refractivity contribution in [2.75, 3.05) is 13.7 Å². The Kier molecular flexibility index (Phi) is 6.20. The third-order valence-electron chi connectivity index (χ3n) is 1.18. The summed E-state index contributed by atoms with van der Waals surface area (Å²) in [4.78, 5) is 10.9. The molecule has 0 aliphatic rings. The van der Waals surface area contributed by atoms with Gasteiger partial charge in [-0.2, -0.15) is 0 Å². The van der Waals surface area contributed by atoms with E-state index in [-0.39, 0.29) is 11.9 Å². The average Bonchev–Trinajstić information content (AvgIpc) is 2.02. The quantitative estimate of drug-likeness (QED) is 0.492. The second kappa shape index (κ2) is 6.31. The van der Waals surface area contributed by atoms with Crippen LogP contribution in [0.1, 0.15) is 20.8 Å². The fraction of sp³-hybridized carbons (Fsp3) is 0.875. The zero-order valence-electron chi connectivity index (χ0n) is 7.99. The van der Waals surface area contributed by atoms with E-state index >= 15 is 0 Å². The van der Waals surface area contributed by atoms with Gasteiger partial charge in [-0.3, -0.25) is 4.79 Å². The molecule has 72 valence electrons. The van der Waals surface area contributed by atoms with Crippen molar-refractivity contribution in [3.8, 4) is 0 Å². The molecule has 12 heavy (non-hydrogen) atoms. The van der Waals surface area contributed by atoms with Gasteiger partial charge in [0, 0.05) is 5.25 Å². The summed E-state index contributed by atoms with van der Waals surface area (Å²) < 4.78 is 9.74. The van der Waals surface area contributed by atoms with E-state index in [9.17, 15) is 4.79 Å². The van der Waals surface area contributed by atoms with Crippen LogP contribution in [0.15, 0.2) is 0 Å². The Hall–Kier alpha value is -0.220. The number of ether oxygens (including phenoxy) is 1. The molecule has 3 nitrogen and oxygen atoms in total. The summed E-state index contributed by atoms with van der Waals surface area (Å²) in [5.41, 5.74) is 0. The molecule has 0 aromatic heterocycles. The number of esters is 1. The van der Waals surface area contributed by atoms with E-state index in [2.05, 4.69) is 4.74 Å². The summed E-state index contributed by atoms with van der Waals surface area (Å²) in [5, 5.41) is 0.426. The zero-order chi connectivity index (χ0) is 9.56. The predicted molar refractivity (Wildman–Crippen MR) is 49.9 cm³/mol. The van der Waals surface area contributed by atoms with Gasteiger partial charge in [0.1, 0.15) is 0 Å². The molecule has 0 saturated carbocycles. The van der Waals surface area contributed by atoms with Crippen molar-refractivity contribution in [2.45, 2.75) is 26.0 Å². The molecule has 0 aliphatic heterocycles. The van der Waals surface area contributed by atoms with Crippen molar-refractivity contribution in [3.05, 3.63) is 0 Å². The lowest BCUT2D eigenvalue weighted by Crippen LogP contribution is -2.17. The number of hydrogen-bond donors (Lipinski definition) is 0. The molecule has 0 bridgehead atoms. The van der Waals surface area contributed by atoms with Crippen molar-refractivity contribution >= 4 is 18.0 Å². The van der Waals surface area contributed by atoms with Crippen LogP contribution in [-0.4, -0.2) is 24.9 Å². The van der Waals surface area contributed by atoms with Gasteiger partial charge in [0.25, 0.3) is 0 Å². The monoisotopic (exact) mass is 192 g/mol. The number of rotatable bonds is 5. The van der Waals surface area contributed by atoms with Crippen LogP contribution in [-0.2, 0) is 13.7 Å². The molecule has 0 fully saturated rings. The van der Waals surface area contributed by atoms with Gasteiger partial charge in [-0.25, -0.2) is 0 Å². The highest BCUT2D eigenvalue weighted by molar-refractivity contribution is 7.95. The lowest BCUT2D eigenvalue weighted by molar-refractivity contribution is -0.145. The molecule has 1 atom stereocenters. The average molecular weight is 192 g/mol. The van der Waals surface area contributed by atoms with E-state index in [0.29, 0.717) is 11.9 Å². The maximum atomic E-state index is 10.9. The maximum Gasteiger partial charge on any atom is 0.310 e. The Morgan fingerprint density at radius 1 is 1.42 bits per heavy atom. The molecule has 4 heteroatoms. The fourth-order valence-electron chi connectivity index (χ4n) is 0.547. The summed E-state index contributed by atoms with van der Waals surface area (Å²) >= 11 is 1.38. The van der Waals surface area contributed by atoms with Crippen LogP contribution in [0.5, 0.6) is 0 Å². The van der Waals surface area contributed by atoms with Gasteiger partial charge in [-0.1, -0.05) is 13.8 Å². The van der Waals surface area contributed by atoms with Crippen LogP contribution >= 0.6 is 12.0 Å². The number of carbonyl (C=O) groups is 1. The Morgan fingerprint density at radius 3 is 2.42 bits per heavy atom. The van der Waals surface area contributed by atoms with Gasteiger partial charge in [-0.15, -0.1) is 0 Å². The SMILES string of the molecule is COC(=O)[C@@H](C)COSC(C)C. The second-order valence-corrected chi connectivity index (χ2v) is 4.22. The Balaban J connectivity index is 3.43. The first-order valence-corrected chi connectivity index (χ1v) is 4.74. The van der Waals surface area contributed by atoms with E-state index in [4.69, 9.17) is 4.18 Å². The Morgan fingerprint density at radius 2 is 2.00 bits per heavy atom. The molecule has 0 rings (SSSR count). The molecule has 0 saturated heterocycles. The third-order valence-corrected chi connectivity index (χ3v) is 1.84. The normalized spacial score (nSPS) is 13.1. The summed E-state index contributed by atoms with van der Waals surface area (Å²) in [6.45, 7) is 6.27. The van der Waals surface area contributed by atoms with Gasteiger partial charge in [0.15, 0.2) is 0 Å². The molecular formula is C8H16O3S. The summed E-state index contributed by atoms with van der Waals surface area (Å²) in [6, 6.07) is 0. The van der Waals surface area contributed by atoms with Crippen LogP contribution in [0.25, 0.3) is 0 Å². The van der Waals surface area contributed by atoms with Crippen LogP contribution in [0.2, 0.25) is 0 Å². The van der Waals surface area contributed by atoms with Gasteiger partial charge in [0.05, 0.1) is 19.6 Å². The minimum Gasteiger partial charge on any atom is -0.469 e. The molecule has 0 amide bonds. The first-order chi connectivity index (χ1) is 5.57. The van der Waals surface area contributed by atoms with Crippen molar-refractivity contribution in [2.24, 2.45) is 5.92 Å². The van der Waals surface area contributed by atoms with E-state index in [0.717, 1.165) is 0 Å². The molecule has 0 unspecified atom stereocenters. The summed E-state index contributed by atoms with van der Waals surface area (Å²) in [5.74, 6) is -0.402. The van der Waals surface area contributed by atoms with Gasteiger partial charge < -0.3 is 8.92 Å². The topological polar surface area (TPSA) is 35.5 Å². The highest BCUT2D eigenvalue weighted by atomic mass is 32.2. The number of hydrogen-bond acceptors (Lipinski definition) is 4. The summed E-state index contributed by atoms with van der Waals surface area (Å²) in [6.07, 6.45) is 0. The molecule has 0 aromatic carbocycles. The summed E-state index contributed by atoms with van der Waals surface area (Å²) in [7, 11) is 1.38. The first-order valence-electron chi connectivity index (χ1n) is 3.94. The fourth-order valence-corrected chi connectivity index (χ4v) is 1.10. The third kappa shape index (κ3) is 5.43. The standard InChI is InChI=1S/C8H16O3S/c1-6(2)12-11-5-7(3)8(9)10-4/h6-7H,5H2,1-4H3/t7-/m0/s1. The Labute approximate surface area is 78.0 Å². The second-order valence-electron chi connectivity index (χ2n) is 2.85. The Bertz CT molecular complexity index is 136. The van der Waals surface area contributed by atoms with Crippen molar-refractivity contribution < 1.29 is 13.7 Å². The lowest BCUT2D eigenvalue weighted by atomic mass is 10.2. The highest BCUT2D eigenvalue weighted by Crippen LogP contribution is 2.12. The van der Waals surface area contributed by atoms with Gasteiger partial charge in [0.2, 0.25) is 0 Å². The number of carbonyl (C=O) groups excluding carboxylic acids is 1. The van der Waals surface area contributed by atoms with Gasteiger partial charge >= 0.3 is 5.97 Å². The number of methoxy groups -OCH3 is 1. The van der Waals surface area contributed by atoms with E-state index in [1.54, 1.807) is 6.92 Å². The van der Waals surface area contributed by atoms with Crippen LogP contribution in [0.4, 0.5) is 0 Å². The minimum absolute atomic E-state index is 0.179. The highest BCUT2D eigenvalue weighted by Gasteiger charge is 2.13. The largest absolute Gasteiger partial charge is 0.469 e. The molecule has 0 N–H and O–H groups in total. The van der Waals surface area contributed by atoms with Crippen molar-refractivity contribution in [1.82, 2.24) is 0 Å². The molecule has 0 aliphatic carbocycles. The zero-order valence-corrected chi connectivity index (χ0v) is 8.81. The predicted octanol–water partition coefficient (Wildman–Crippen LogP) is 1.87. The maximum absolute atomic E-state index is 10.9. The van der Waals surface area contributed by atoms with E-state index < -0.39 is 0 Å². The van der Waals surface area contributed by atoms with Crippen molar-refractivity contribution in [3.63, 3.8) is 0 Å². The smallest absolute Gasteiger partial charge is 0.310 e. The lowest BCUT2D eigenvalue weighted by Gasteiger charge is -2.09. The molecular weight excluding hydrogens is 176 g/mol. The van der Waals surface area contributed by atoms with Crippen LogP contribution < -0.4 is 0 Å². The van der Waals surface area contributed by atoms with Crippen molar-refractivity contribution in [1.29, 1.82) is 0 Å². The minimum atomic E-state index is -0.223. The molecule has 0 radical (unpaired) electrons. The van der Waals surface area contributed by atoms with Crippen LogP contribution in [0, 0.1) is 5.92 Å². The van der Waals surface area contributed by atoms with Gasteiger partial charge in [-0.05, 0) is 19.0 Å². The van der Waals surface area contributed by atoms with Crippen LogP contribution in [0.3, 0.4) is 0 Å². The molecule has 0 aromatic rings. The van der Waals surface area contributed by atoms with E-state index in [1.807, 2.05) is 13.8 Å². The van der Waals surface area contributed by atoms with E-state index in [1.165, 1.54) is 19.2 Å². The molecule has 0 spiro atoms. The molecule has 0 heterocycles.